The van der Waals surface area contributed by atoms with Crippen molar-refractivity contribution in [2.24, 2.45) is 11.7 Å². The summed E-state index contributed by atoms with van der Waals surface area (Å²) in [5.41, 5.74) is 6.07. The maximum Gasteiger partial charge on any atom is 0.326 e. The van der Waals surface area contributed by atoms with Crippen molar-refractivity contribution in [1.29, 1.82) is 0 Å². The summed E-state index contributed by atoms with van der Waals surface area (Å²) >= 11 is 0. The van der Waals surface area contributed by atoms with E-state index in [0.29, 0.717) is 5.69 Å². The maximum atomic E-state index is 12.9. The molecule has 36 heavy (non-hydrogen) atoms. The van der Waals surface area contributed by atoms with Crippen LogP contribution in [0.25, 0.3) is 0 Å². The molecule has 0 fully saturated rings. The number of carboxylic acid groups (broad SMARTS) is 3. The highest BCUT2D eigenvalue weighted by molar-refractivity contribution is 5.95. The summed E-state index contributed by atoms with van der Waals surface area (Å²) in [5, 5.41) is 34.3. The Morgan fingerprint density at radius 2 is 1.50 bits per heavy atom. The van der Waals surface area contributed by atoms with Gasteiger partial charge in [0.05, 0.1) is 18.8 Å². The van der Waals surface area contributed by atoms with Crippen LogP contribution >= 0.6 is 0 Å². The minimum Gasteiger partial charge on any atom is -0.481 e. The number of hydrogen-bond donors (Lipinski definition) is 8. The normalized spacial score (nSPS) is 14.2. The number of aliphatic carboxylic acids is 3. The molecule has 3 amide bonds. The molecule has 200 valence electrons. The summed E-state index contributed by atoms with van der Waals surface area (Å²) in [7, 11) is 0. The van der Waals surface area contributed by atoms with Gasteiger partial charge in [0.2, 0.25) is 17.7 Å². The molecule has 4 atom stereocenters. The molecule has 15 nitrogen and oxygen atoms in total. The number of aromatic amines is 1. The molecule has 0 radical (unpaired) electrons. The van der Waals surface area contributed by atoms with Crippen LogP contribution in [-0.2, 0) is 35.2 Å². The van der Waals surface area contributed by atoms with E-state index in [1.54, 1.807) is 13.8 Å². The number of aromatic nitrogens is 2. The second kappa shape index (κ2) is 14.4. The molecular formula is C21H32N6O9. The number of imidazole rings is 1. The number of carbonyl (C=O) groups excluding carboxylic acids is 3. The van der Waals surface area contributed by atoms with Crippen molar-refractivity contribution in [2.45, 2.75) is 70.1 Å². The van der Waals surface area contributed by atoms with Gasteiger partial charge >= 0.3 is 17.9 Å². The lowest BCUT2D eigenvalue weighted by molar-refractivity contribution is -0.143. The largest absolute Gasteiger partial charge is 0.481 e. The topological polar surface area (TPSA) is 254 Å². The number of nitrogens with two attached hydrogens (primary N) is 1. The van der Waals surface area contributed by atoms with Crippen LogP contribution in [0.3, 0.4) is 0 Å². The second-order valence-electron chi connectivity index (χ2n) is 8.57. The van der Waals surface area contributed by atoms with Gasteiger partial charge in [0.25, 0.3) is 0 Å². The highest BCUT2D eigenvalue weighted by Crippen LogP contribution is 2.08. The molecule has 1 rings (SSSR count). The van der Waals surface area contributed by atoms with E-state index in [1.165, 1.54) is 12.5 Å². The van der Waals surface area contributed by atoms with Gasteiger partial charge in [-0.1, -0.05) is 13.8 Å². The van der Waals surface area contributed by atoms with Gasteiger partial charge in [0, 0.05) is 24.7 Å². The number of carbonyl (C=O) groups is 6. The van der Waals surface area contributed by atoms with Gasteiger partial charge in [-0.05, 0) is 18.8 Å². The Labute approximate surface area is 206 Å². The Bertz CT molecular complexity index is 934. The lowest BCUT2D eigenvalue weighted by atomic mass is 10.0. The fraction of sp³-hybridized carbons (Fsp3) is 0.571. The molecule has 4 unspecified atom stereocenters. The van der Waals surface area contributed by atoms with Crippen LogP contribution in [0.5, 0.6) is 0 Å². The van der Waals surface area contributed by atoms with E-state index >= 15 is 0 Å². The predicted molar refractivity (Wildman–Crippen MR) is 122 cm³/mol. The van der Waals surface area contributed by atoms with Gasteiger partial charge in [-0.25, -0.2) is 9.78 Å². The molecule has 0 spiro atoms. The van der Waals surface area contributed by atoms with E-state index in [0.717, 1.165) is 0 Å². The number of rotatable bonds is 16. The summed E-state index contributed by atoms with van der Waals surface area (Å²) in [5.74, 6) is -6.82. The third-order valence-corrected chi connectivity index (χ3v) is 4.95. The Morgan fingerprint density at radius 1 is 0.917 bits per heavy atom. The van der Waals surface area contributed by atoms with Crippen LogP contribution in [0, 0.1) is 5.92 Å². The second-order valence-corrected chi connectivity index (χ2v) is 8.57. The molecule has 15 heteroatoms. The number of carboxylic acids is 3. The molecule has 0 bridgehead atoms. The first-order valence-electron chi connectivity index (χ1n) is 11.1. The number of H-pyrrole nitrogens is 1. The van der Waals surface area contributed by atoms with Crippen molar-refractivity contribution in [2.75, 3.05) is 0 Å². The zero-order chi connectivity index (χ0) is 27.4. The van der Waals surface area contributed by atoms with Gasteiger partial charge in [0.15, 0.2) is 0 Å². The number of nitrogens with one attached hydrogen (secondary N) is 4. The lowest BCUT2D eigenvalue weighted by Crippen LogP contribution is -2.58. The molecule has 0 aliphatic rings. The van der Waals surface area contributed by atoms with Gasteiger partial charge in [-0.3, -0.25) is 24.0 Å². The van der Waals surface area contributed by atoms with Crippen LogP contribution in [0.1, 0.15) is 45.2 Å². The molecule has 1 aromatic heterocycles. The third-order valence-electron chi connectivity index (χ3n) is 4.95. The number of amides is 3. The van der Waals surface area contributed by atoms with Crippen LogP contribution in [0.4, 0.5) is 0 Å². The Balaban J connectivity index is 2.96. The molecule has 1 heterocycles. The molecule has 1 aromatic rings. The van der Waals surface area contributed by atoms with Crippen molar-refractivity contribution >= 4 is 35.6 Å². The lowest BCUT2D eigenvalue weighted by Gasteiger charge is -2.25. The molecule has 0 saturated carbocycles. The Morgan fingerprint density at radius 3 is 2.00 bits per heavy atom. The van der Waals surface area contributed by atoms with Crippen LogP contribution in [0.2, 0.25) is 0 Å². The summed E-state index contributed by atoms with van der Waals surface area (Å²) in [4.78, 5) is 78.1. The SMILES string of the molecule is CC(C)CC(NC(=O)C(CC(=O)O)NC(=O)C(N)CCC(=O)O)C(=O)NC(Cc1cnc[nH]1)C(=O)O. The predicted octanol–water partition coefficient (Wildman–Crippen LogP) is -1.80. The fourth-order valence-corrected chi connectivity index (χ4v) is 3.14. The van der Waals surface area contributed by atoms with Crippen molar-refractivity contribution in [3.05, 3.63) is 18.2 Å². The van der Waals surface area contributed by atoms with Crippen molar-refractivity contribution in [3.8, 4) is 0 Å². The third kappa shape index (κ3) is 10.9. The summed E-state index contributed by atoms with van der Waals surface area (Å²) in [6.45, 7) is 3.51. The van der Waals surface area contributed by atoms with E-state index in [-0.39, 0.29) is 25.2 Å². The van der Waals surface area contributed by atoms with Crippen molar-refractivity contribution < 1.29 is 44.1 Å². The number of hydrogen-bond acceptors (Lipinski definition) is 8. The van der Waals surface area contributed by atoms with Crippen molar-refractivity contribution in [1.82, 2.24) is 25.9 Å². The highest BCUT2D eigenvalue weighted by Gasteiger charge is 2.32. The standard InChI is InChI=1S/C21H32N6O9/c1-10(2)5-13(19(33)27-15(21(35)36)6-11-8-23-9-24-11)26-20(34)14(7-17(30)31)25-18(32)12(22)3-4-16(28)29/h8-10,12-15H,3-7,22H2,1-2H3,(H,23,24)(H,25,32)(H,26,34)(H,27,33)(H,28,29)(H,30,31)(H,35,36). The molecule has 0 saturated heterocycles. The minimum absolute atomic E-state index is 0.0832. The molecule has 0 aliphatic heterocycles. The first-order chi connectivity index (χ1) is 16.8. The summed E-state index contributed by atoms with van der Waals surface area (Å²) in [6, 6.07) is -5.51. The molecule has 9 N–H and O–H groups in total. The van der Waals surface area contributed by atoms with Crippen LogP contribution in [-0.4, -0.2) is 85.1 Å². The van der Waals surface area contributed by atoms with E-state index in [1.807, 2.05) is 0 Å². The van der Waals surface area contributed by atoms with E-state index in [9.17, 15) is 33.9 Å². The van der Waals surface area contributed by atoms with Gasteiger partial charge in [0.1, 0.15) is 18.1 Å². The summed E-state index contributed by atoms with van der Waals surface area (Å²) < 4.78 is 0. The van der Waals surface area contributed by atoms with Gasteiger partial charge in [-0.15, -0.1) is 0 Å². The van der Waals surface area contributed by atoms with E-state index in [2.05, 4.69) is 25.9 Å². The average Bonchev–Trinajstić information content (AvgIpc) is 3.28. The quantitative estimate of drug-likeness (QED) is 0.123. The van der Waals surface area contributed by atoms with Crippen molar-refractivity contribution in [3.63, 3.8) is 0 Å². The number of nitrogens with zero attached hydrogens (tertiary/aromatic N) is 1. The highest BCUT2D eigenvalue weighted by atomic mass is 16.4. The Kier molecular flexibility index (Phi) is 12.0. The minimum atomic E-state index is -1.62. The van der Waals surface area contributed by atoms with E-state index in [4.69, 9.17) is 15.9 Å². The zero-order valence-electron chi connectivity index (χ0n) is 19.9. The molecule has 0 aliphatic carbocycles. The van der Waals surface area contributed by atoms with E-state index < -0.39 is 72.6 Å². The van der Waals surface area contributed by atoms with Crippen LogP contribution < -0.4 is 21.7 Å². The maximum absolute atomic E-state index is 12.9. The Hall–Kier alpha value is -4.01. The fourth-order valence-electron chi connectivity index (χ4n) is 3.14. The molecule has 0 aromatic carbocycles. The first-order valence-corrected chi connectivity index (χ1v) is 11.1. The van der Waals surface area contributed by atoms with Gasteiger partial charge in [-0.2, -0.15) is 0 Å². The zero-order valence-corrected chi connectivity index (χ0v) is 19.9. The van der Waals surface area contributed by atoms with Gasteiger partial charge < -0.3 is 42.0 Å². The monoisotopic (exact) mass is 512 g/mol. The summed E-state index contributed by atoms with van der Waals surface area (Å²) in [6.07, 6.45) is 1.24. The first kappa shape index (κ1) is 30.0. The van der Waals surface area contributed by atoms with Crippen LogP contribution in [0.15, 0.2) is 12.5 Å². The smallest absolute Gasteiger partial charge is 0.326 e. The molecular weight excluding hydrogens is 480 g/mol. The average molecular weight is 513 g/mol.